The Labute approximate surface area is 135 Å². The van der Waals surface area contributed by atoms with Crippen molar-refractivity contribution in [3.05, 3.63) is 83.4 Å². The molecule has 1 unspecified atom stereocenters. The highest BCUT2D eigenvalue weighted by molar-refractivity contribution is 5.21. The van der Waals surface area contributed by atoms with Gasteiger partial charge in [0.1, 0.15) is 0 Å². The molecule has 0 aliphatic heterocycles. The van der Waals surface area contributed by atoms with Gasteiger partial charge in [0.15, 0.2) is 0 Å². The molecule has 2 aromatic carbocycles. The fourth-order valence-corrected chi connectivity index (χ4v) is 2.82. The number of unbranched alkanes of at least 4 members (excludes halogenated alkanes) is 1. The molecular formula is C22H28. The molecule has 0 spiro atoms. The lowest BCUT2D eigenvalue weighted by molar-refractivity contribution is 0.672. The van der Waals surface area contributed by atoms with E-state index < -0.39 is 0 Å². The average Bonchev–Trinajstić information content (AvgIpc) is 2.57. The second-order valence-corrected chi connectivity index (χ2v) is 6.10. The first-order chi connectivity index (χ1) is 10.8. The molecule has 0 amide bonds. The van der Waals surface area contributed by atoms with Gasteiger partial charge in [-0.3, -0.25) is 0 Å². The predicted octanol–water partition coefficient (Wildman–Crippen LogP) is 6.46. The summed E-state index contributed by atoms with van der Waals surface area (Å²) >= 11 is 0. The fourth-order valence-electron chi connectivity index (χ4n) is 2.82. The van der Waals surface area contributed by atoms with Gasteiger partial charge in [-0.25, -0.2) is 0 Å². The van der Waals surface area contributed by atoms with E-state index >= 15 is 0 Å². The Kier molecular flexibility index (Phi) is 6.96. The van der Waals surface area contributed by atoms with Gasteiger partial charge in [0.2, 0.25) is 0 Å². The topological polar surface area (TPSA) is 0 Å². The van der Waals surface area contributed by atoms with Crippen LogP contribution < -0.4 is 0 Å². The molecule has 0 fully saturated rings. The predicted molar refractivity (Wildman–Crippen MR) is 97.3 cm³/mol. The Hall–Kier alpha value is -1.82. The standard InChI is InChI=1S/C22H28/c1-3-21(22-13-9-6-10-14-22)12-8-5-4-7-11-20-17-15-19(2)16-18-20/h5-6,8-10,13-18,21H,3-4,7,11-12H2,1-2H3/b8-5+. The molecule has 2 rings (SSSR count). The molecule has 0 N–H and O–H groups in total. The third-order valence-electron chi connectivity index (χ3n) is 4.31. The van der Waals surface area contributed by atoms with Gasteiger partial charge in [0.05, 0.1) is 0 Å². The summed E-state index contributed by atoms with van der Waals surface area (Å²) in [6.45, 7) is 4.42. The third-order valence-corrected chi connectivity index (χ3v) is 4.31. The second-order valence-electron chi connectivity index (χ2n) is 6.10. The van der Waals surface area contributed by atoms with Crippen LogP contribution in [0, 0.1) is 6.92 Å². The third kappa shape index (κ3) is 5.52. The molecule has 22 heavy (non-hydrogen) atoms. The zero-order valence-electron chi connectivity index (χ0n) is 14.0. The van der Waals surface area contributed by atoms with E-state index in [-0.39, 0.29) is 0 Å². The van der Waals surface area contributed by atoms with Crippen LogP contribution in [0.4, 0.5) is 0 Å². The molecule has 0 saturated heterocycles. The lowest BCUT2D eigenvalue weighted by Gasteiger charge is -2.12. The summed E-state index contributed by atoms with van der Waals surface area (Å²) in [5, 5.41) is 0. The minimum absolute atomic E-state index is 0.662. The summed E-state index contributed by atoms with van der Waals surface area (Å²) in [6.07, 6.45) is 10.7. The van der Waals surface area contributed by atoms with Crippen molar-refractivity contribution < 1.29 is 0 Å². The molecule has 0 aromatic heterocycles. The monoisotopic (exact) mass is 292 g/mol. The van der Waals surface area contributed by atoms with Gasteiger partial charge in [0, 0.05) is 0 Å². The van der Waals surface area contributed by atoms with Crippen molar-refractivity contribution in [1.29, 1.82) is 0 Å². The molecule has 0 radical (unpaired) electrons. The van der Waals surface area contributed by atoms with Gasteiger partial charge >= 0.3 is 0 Å². The zero-order valence-corrected chi connectivity index (χ0v) is 14.0. The maximum atomic E-state index is 2.37. The largest absolute Gasteiger partial charge is 0.0885 e. The van der Waals surface area contributed by atoms with Gasteiger partial charge in [0.25, 0.3) is 0 Å². The van der Waals surface area contributed by atoms with Crippen molar-refractivity contribution in [3.63, 3.8) is 0 Å². The van der Waals surface area contributed by atoms with Crippen molar-refractivity contribution >= 4 is 0 Å². The molecule has 0 bridgehead atoms. The van der Waals surface area contributed by atoms with Gasteiger partial charge in [-0.1, -0.05) is 79.2 Å². The molecule has 0 heteroatoms. The summed E-state index contributed by atoms with van der Waals surface area (Å²) in [7, 11) is 0. The Bertz CT molecular complexity index is 548. The van der Waals surface area contributed by atoms with Crippen LogP contribution in [-0.4, -0.2) is 0 Å². The quantitative estimate of drug-likeness (QED) is 0.387. The number of hydrogen-bond donors (Lipinski definition) is 0. The normalized spacial score (nSPS) is 12.6. The first kappa shape index (κ1) is 16.5. The van der Waals surface area contributed by atoms with E-state index in [0.29, 0.717) is 5.92 Å². The summed E-state index contributed by atoms with van der Waals surface area (Å²) in [5.41, 5.74) is 4.26. The Morgan fingerprint density at radius 1 is 0.909 bits per heavy atom. The molecular weight excluding hydrogens is 264 g/mol. The van der Waals surface area contributed by atoms with Gasteiger partial charge in [-0.2, -0.15) is 0 Å². The minimum Gasteiger partial charge on any atom is -0.0885 e. The van der Waals surface area contributed by atoms with Crippen LogP contribution in [0.5, 0.6) is 0 Å². The van der Waals surface area contributed by atoms with E-state index in [9.17, 15) is 0 Å². The van der Waals surface area contributed by atoms with Crippen LogP contribution >= 0.6 is 0 Å². The summed E-state index contributed by atoms with van der Waals surface area (Å²) in [5.74, 6) is 0.662. The van der Waals surface area contributed by atoms with E-state index in [0.717, 1.165) is 6.42 Å². The van der Waals surface area contributed by atoms with Crippen molar-refractivity contribution in [2.24, 2.45) is 0 Å². The number of hydrogen-bond acceptors (Lipinski definition) is 0. The smallest absolute Gasteiger partial charge is 0.0130 e. The minimum atomic E-state index is 0.662. The van der Waals surface area contributed by atoms with Crippen molar-refractivity contribution in [2.75, 3.05) is 0 Å². The van der Waals surface area contributed by atoms with Crippen LogP contribution in [0.15, 0.2) is 66.7 Å². The number of benzene rings is 2. The first-order valence-electron chi connectivity index (χ1n) is 8.55. The molecule has 0 nitrogen and oxygen atoms in total. The second kappa shape index (κ2) is 9.25. The number of rotatable bonds is 8. The van der Waals surface area contributed by atoms with E-state index in [1.807, 2.05) is 0 Å². The van der Waals surface area contributed by atoms with Crippen LogP contribution in [-0.2, 0) is 6.42 Å². The summed E-state index contributed by atoms with van der Waals surface area (Å²) < 4.78 is 0. The van der Waals surface area contributed by atoms with Crippen molar-refractivity contribution in [3.8, 4) is 0 Å². The molecule has 0 heterocycles. The number of allylic oxidation sites excluding steroid dienone is 2. The van der Waals surface area contributed by atoms with E-state index in [2.05, 4.69) is 80.6 Å². The van der Waals surface area contributed by atoms with Crippen LogP contribution in [0.2, 0.25) is 0 Å². The lowest BCUT2D eigenvalue weighted by Crippen LogP contribution is -1.95. The van der Waals surface area contributed by atoms with E-state index in [1.54, 1.807) is 0 Å². The molecule has 1 atom stereocenters. The highest BCUT2D eigenvalue weighted by atomic mass is 14.1. The maximum absolute atomic E-state index is 2.37. The lowest BCUT2D eigenvalue weighted by atomic mass is 9.93. The van der Waals surface area contributed by atoms with E-state index in [1.165, 1.54) is 42.4 Å². The Morgan fingerprint density at radius 3 is 2.32 bits per heavy atom. The Balaban J connectivity index is 1.70. The van der Waals surface area contributed by atoms with Crippen molar-refractivity contribution in [1.82, 2.24) is 0 Å². The van der Waals surface area contributed by atoms with Gasteiger partial charge < -0.3 is 0 Å². The highest BCUT2D eigenvalue weighted by Crippen LogP contribution is 2.23. The average molecular weight is 292 g/mol. The summed E-state index contributed by atoms with van der Waals surface area (Å²) in [6, 6.07) is 19.8. The molecule has 0 aliphatic carbocycles. The SMILES string of the molecule is CCC(C/C=C/CCCc1ccc(C)cc1)c1ccccc1. The van der Waals surface area contributed by atoms with Gasteiger partial charge in [-0.05, 0) is 56.1 Å². The Morgan fingerprint density at radius 2 is 1.64 bits per heavy atom. The summed E-state index contributed by atoms with van der Waals surface area (Å²) in [4.78, 5) is 0. The molecule has 0 aliphatic rings. The van der Waals surface area contributed by atoms with Crippen LogP contribution in [0.25, 0.3) is 0 Å². The van der Waals surface area contributed by atoms with Crippen molar-refractivity contribution in [2.45, 2.75) is 51.9 Å². The molecule has 116 valence electrons. The molecule has 0 saturated carbocycles. The maximum Gasteiger partial charge on any atom is -0.0130 e. The van der Waals surface area contributed by atoms with Gasteiger partial charge in [-0.15, -0.1) is 0 Å². The van der Waals surface area contributed by atoms with E-state index in [4.69, 9.17) is 0 Å². The number of aryl methyl sites for hydroxylation is 2. The highest BCUT2D eigenvalue weighted by Gasteiger charge is 2.05. The molecule has 2 aromatic rings. The van der Waals surface area contributed by atoms with Crippen LogP contribution in [0.1, 0.15) is 55.2 Å². The zero-order chi connectivity index (χ0) is 15.6. The van der Waals surface area contributed by atoms with Crippen LogP contribution in [0.3, 0.4) is 0 Å². The first-order valence-corrected chi connectivity index (χ1v) is 8.55. The fraction of sp³-hybridized carbons (Fsp3) is 0.364.